The van der Waals surface area contributed by atoms with E-state index in [1.807, 2.05) is 31.2 Å². The maximum absolute atomic E-state index is 13.3. The summed E-state index contributed by atoms with van der Waals surface area (Å²) in [6.45, 7) is 8.64. The molecule has 1 saturated heterocycles. The molecular formula is C33H45N5O4. The number of aromatic amines is 1. The molecular weight excluding hydrogens is 530 g/mol. The van der Waals surface area contributed by atoms with E-state index in [1.54, 1.807) is 14.0 Å². The fourth-order valence-electron chi connectivity index (χ4n) is 5.62. The molecule has 3 N–H and O–H groups in total. The number of Topliss-reactive ketones (excluding diaryl/α,β-unsaturated/α-hetero) is 1. The zero-order valence-electron chi connectivity index (χ0n) is 25.2. The fraction of sp³-hybridized carbons (Fsp3) is 0.485. The first-order valence-corrected chi connectivity index (χ1v) is 15.1. The number of carbonyl (C=O) groups excluding carboxylic acids is 3. The van der Waals surface area contributed by atoms with E-state index in [-0.39, 0.29) is 24.0 Å². The molecule has 2 amide bonds. The van der Waals surface area contributed by atoms with Gasteiger partial charge in [-0.1, -0.05) is 31.0 Å². The number of fused-ring (bicyclic) bond motifs is 1. The lowest BCUT2D eigenvalue weighted by Gasteiger charge is -2.36. The van der Waals surface area contributed by atoms with Crippen LogP contribution in [0.5, 0.6) is 5.75 Å². The number of benzene rings is 2. The normalized spacial score (nSPS) is 14.5. The van der Waals surface area contributed by atoms with Crippen LogP contribution in [0.25, 0.3) is 10.9 Å². The second-order valence-electron chi connectivity index (χ2n) is 11.2. The molecule has 0 spiro atoms. The first kappa shape index (κ1) is 31.1. The molecule has 2 aromatic carbocycles. The van der Waals surface area contributed by atoms with Crippen molar-refractivity contribution in [1.29, 1.82) is 0 Å². The highest BCUT2D eigenvalue weighted by molar-refractivity contribution is 5.93. The molecule has 0 radical (unpaired) electrons. The van der Waals surface area contributed by atoms with Crippen molar-refractivity contribution in [2.45, 2.75) is 58.4 Å². The van der Waals surface area contributed by atoms with Gasteiger partial charge in [0.1, 0.15) is 17.6 Å². The van der Waals surface area contributed by atoms with Crippen LogP contribution in [-0.2, 0) is 20.8 Å². The van der Waals surface area contributed by atoms with E-state index in [9.17, 15) is 14.4 Å². The second-order valence-corrected chi connectivity index (χ2v) is 11.2. The fourth-order valence-corrected chi connectivity index (χ4v) is 5.62. The lowest BCUT2D eigenvalue weighted by atomic mass is 10.0. The summed E-state index contributed by atoms with van der Waals surface area (Å²) in [5.74, 6) is 0.554. The summed E-state index contributed by atoms with van der Waals surface area (Å²) in [4.78, 5) is 45.9. The Balaban J connectivity index is 1.30. The lowest BCUT2D eigenvalue weighted by Crippen LogP contribution is -2.51. The molecule has 0 saturated carbocycles. The van der Waals surface area contributed by atoms with Crippen LogP contribution in [0.3, 0.4) is 0 Å². The van der Waals surface area contributed by atoms with E-state index in [0.29, 0.717) is 19.4 Å². The number of methoxy groups -OCH3 is 1. The molecule has 3 aromatic rings. The van der Waals surface area contributed by atoms with E-state index >= 15 is 0 Å². The summed E-state index contributed by atoms with van der Waals surface area (Å²) >= 11 is 0. The van der Waals surface area contributed by atoms with Gasteiger partial charge in [-0.25, -0.2) is 0 Å². The van der Waals surface area contributed by atoms with Gasteiger partial charge in [0.2, 0.25) is 11.8 Å². The number of anilines is 1. The quantitative estimate of drug-likeness (QED) is 0.237. The zero-order valence-corrected chi connectivity index (χ0v) is 25.2. The van der Waals surface area contributed by atoms with Crippen molar-refractivity contribution < 1.29 is 19.1 Å². The zero-order chi connectivity index (χ0) is 29.9. The predicted molar refractivity (Wildman–Crippen MR) is 167 cm³/mol. The van der Waals surface area contributed by atoms with Crippen molar-refractivity contribution in [3.8, 4) is 5.75 Å². The number of ether oxygens (including phenoxy) is 1. The van der Waals surface area contributed by atoms with Gasteiger partial charge < -0.3 is 30.0 Å². The Morgan fingerprint density at radius 3 is 2.48 bits per heavy atom. The number of hydrogen-bond donors (Lipinski definition) is 3. The standard InChI is InChI=1S/C33H45N5O4/c1-24(39)10-6-4-9-13-31(36-32(40)23-28-25(2)35-30-15-14-27(42-3)22-29(28)30)33(41)34-16-17-37-18-20-38(21-19-37)26-11-7-5-8-12-26/h5,7-8,11-12,14-15,22,31,35H,4,6,9-10,13,16-21,23H2,1-3H3,(H,34,41)(H,36,40)/t31-/m0/s1. The number of amides is 2. The van der Waals surface area contributed by atoms with Crippen LogP contribution in [-0.4, -0.2) is 79.9 Å². The van der Waals surface area contributed by atoms with Crippen LogP contribution in [0.15, 0.2) is 48.5 Å². The van der Waals surface area contributed by atoms with E-state index in [1.165, 1.54) is 5.69 Å². The van der Waals surface area contributed by atoms with Crippen LogP contribution in [0, 0.1) is 6.92 Å². The van der Waals surface area contributed by atoms with Crippen LogP contribution in [0.2, 0.25) is 0 Å². The summed E-state index contributed by atoms with van der Waals surface area (Å²) in [5, 5.41) is 7.02. The Morgan fingerprint density at radius 2 is 1.76 bits per heavy atom. The number of ketones is 1. The maximum Gasteiger partial charge on any atom is 0.242 e. The molecule has 42 heavy (non-hydrogen) atoms. The third kappa shape index (κ3) is 8.82. The number of H-pyrrole nitrogens is 1. The Hall–Kier alpha value is -3.85. The number of aromatic nitrogens is 1. The Kier molecular flexibility index (Phi) is 11.4. The molecule has 0 unspecified atom stereocenters. The SMILES string of the molecule is COc1ccc2[nH]c(C)c(CC(=O)N[C@@H](CCCCCC(C)=O)C(=O)NCCN3CCN(c4ccccc4)CC3)c2c1. The van der Waals surface area contributed by atoms with Gasteiger partial charge in [-0.05, 0) is 62.6 Å². The van der Waals surface area contributed by atoms with Crippen molar-refractivity contribution in [1.82, 2.24) is 20.5 Å². The van der Waals surface area contributed by atoms with Crippen molar-refractivity contribution in [3.63, 3.8) is 0 Å². The molecule has 0 bridgehead atoms. The van der Waals surface area contributed by atoms with Gasteiger partial charge in [0, 0.05) is 68.0 Å². The number of carbonyl (C=O) groups is 3. The predicted octanol–water partition coefficient (Wildman–Crippen LogP) is 3.99. The summed E-state index contributed by atoms with van der Waals surface area (Å²) in [5.41, 5.74) is 4.01. The highest BCUT2D eigenvalue weighted by atomic mass is 16.5. The summed E-state index contributed by atoms with van der Waals surface area (Å²) < 4.78 is 5.38. The Morgan fingerprint density at radius 1 is 1.00 bits per heavy atom. The summed E-state index contributed by atoms with van der Waals surface area (Å²) in [7, 11) is 1.62. The minimum absolute atomic E-state index is 0.157. The minimum atomic E-state index is -0.621. The Bertz CT molecular complexity index is 1330. The number of para-hydroxylation sites is 1. The van der Waals surface area contributed by atoms with Crippen molar-refractivity contribution in [2.75, 3.05) is 51.3 Å². The van der Waals surface area contributed by atoms with Gasteiger partial charge in [-0.2, -0.15) is 0 Å². The summed E-state index contributed by atoms with van der Waals surface area (Å²) in [6, 6.07) is 15.6. The van der Waals surface area contributed by atoms with E-state index in [2.05, 4.69) is 49.7 Å². The average molecular weight is 576 g/mol. The van der Waals surface area contributed by atoms with E-state index in [4.69, 9.17) is 4.74 Å². The number of nitrogens with one attached hydrogen (secondary N) is 3. The van der Waals surface area contributed by atoms with Crippen LogP contribution >= 0.6 is 0 Å². The molecule has 1 atom stereocenters. The summed E-state index contributed by atoms with van der Waals surface area (Å²) in [6.07, 6.45) is 3.64. The van der Waals surface area contributed by atoms with Gasteiger partial charge in [-0.15, -0.1) is 0 Å². The van der Waals surface area contributed by atoms with Gasteiger partial charge >= 0.3 is 0 Å². The third-order valence-electron chi connectivity index (χ3n) is 8.06. The van der Waals surface area contributed by atoms with Crippen molar-refractivity contribution in [2.24, 2.45) is 0 Å². The first-order chi connectivity index (χ1) is 20.3. The highest BCUT2D eigenvalue weighted by Gasteiger charge is 2.23. The number of aryl methyl sites for hydroxylation is 1. The smallest absolute Gasteiger partial charge is 0.242 e. The maximum atomic E-state index is 13.3. The monoisotopic (exact) mass is 575 g/mol. The van der Waals surface area contributed by atoms with E-state index in [0.717, 1.165) is 79.9 Å². The minimum Gasteiger partial charge on any atom is -0.497 e. The molecule has 1 aromatic heterocycles. The average Bonchev–Trinajstić information content (AvgIpc) is 3.30. The molecule has 9 nitrogen and oxygen atoms in total. The Labute approximate surface area is 249 Å². The lowest BCUT2D eigenvalue weighted by molar-refractivity contribution is -0.128. The van der Waals surface area contributed by atoms with E-state index < -0.39 is 6.04 Å². The van der Waals surface area contributed by atoms with Crippen LogP contribution in [0.4, 0.5) is 5.69 Å². The highest BCUT2D eigenvalue weighted by Crippen LogP contribution is 2.27. The number of unbranched alkanes of at least 4 members (excludes halogenated alkanes) is 2. The molecule has 226 valence electrons. The molecule has 1 aliphatic heterocycles. The molecule has 1 fully saturated rings. The number of piperazine rings is 1. The van der Waals surface area contributed by atoms with Crippen LogP contribution < -0.4 is 20.3 Å². The molecule has 2 heterocycles. The number of rotatable bonds is 15. The molecule has 9 heteroatoms. The second kappa shape index (κ2) is 15.4. The van der Waals surface area contributed by atoms with Gasteiger partial charge in [0.15, 0.2) is 0 Å². The van der Waals surface area contributed by atoms with Crippen molar-refractivity contribution >= 4 is 34.2 Å². The van der Waals surface area contributed by atoms with Gasteiger partial charge in [0.25, 0.3) is 0 Å². The molecule has 1 aliphatic rings. The number of nitrogens with zero attached hydrogens (tertiary/aromatic N) is 2. The number of hydrogen-bond acceptors (Lipinski definition) is 6. The van der Waals surface area contributed by atoms with Gasteiger partial charge in [-0.3, -0.25) is 14.5 Å². The first-order valence-electron chi connectivity index (χ1n) is 15.1. The van der Waals surface area contributed by atoms with Crippen molar-refractivity contribution in [3.05, 3.63) is 59.8 Å². The molecule has 4 rings (SSSR count). The third-order valence-corrected chi connectivity index (χ3v) is 8.06. The largest absolute Gasteiger partial charge is 0.497 e. The topological polar surface area (TPSA) is 107 Å². The van der Waals surface area contributed by atoms with Crippen LogP contribution in [0.1, 0.15) is 50.3 Å². The van der Waals surface area contributed by atoms with Gasteiger partial charge in [0.05, 0.1) is 13.5 Å². The molecule has 0 aliphatic carbocycles.